The average Bonchev–Trinajstić information content (AvgIpc) is 3.44. The van der Waals surface area contributed by atoms with Crippen molar-refractivity contribution in [1.82, 2.24) is 5.32 Å². The van der Waals surface area contributed by atoms with Crippen LogP contribution in [0.2, 0.25) is 0 Å². The van der Waals surface area contributed by atoms with E-state index in [0.717, 1.165) is 21.9 Å². The number of carbonyl (C=O) groups is 2. The van der Waals surface area contributed by atoms with E-state index < -0.39 is 23.7 Å². The van der Waals surface area contributed by atoms with Crippen LogP contribution in [-0.2, 0) is 30.2 Å². The summed E-state index contributed by atoms with van der Waals surface area (Å²) in [6, 6.07) is 23.8. The Bertz CT molecular complexity index is 1230. The molecular weight excluding hydrogens is 418 g/mol. The average molecular weight is 443 g/mol. The lowest BCUT2D eigenvalue weighted by Crippen LogP contribution is -2.59. The molecule has 0 aliphatic carbocycles. The highest BCUT2D eigenvalue weighted by atomic mass is 16.7. The van der Waals surface area contributed by atoms with E-state index in [9.17, 15) is 9.59 Å². The summed E-state index contributed by atoms with van der Waals surface area (Å²) in [5.74, 6) is -1.36. The van der Waals surface area contributed by atoms with Crippen LogP contribution in [0.1, 0.15) is 17.2 Å². The molecule has 0 saturated carbocycles. The lowest BCUT2D eigenvalue weighted by atomic mass is 9.69. The Labute approximate surface area is 191 Å². The van der Waals surface area contributed by atoms with Crippen molar-refractivity contribution in [2.75, 3.05) is 13.7 Å². The van der Waals surface area contributed by atoms with Crippen molar-refractivity contribution in [2.24, 2.45) is 11.8 Å². The molecule has 6 atom stereocenters. The van der Waals surface area contributed by atoms with E-state index in [0.29, 0.717) is 6.42 Å². The predicted octanol–water partition coefficient (Wildman–Crippen LogP) is 3.20. The second-order valence-electron chi connectivity index (χ2n) is 9.15. The molecule has 0 aromatic heterocycles. The van der Waals surface area contributed by atoms with Gasteiger partial charge in [0, 0.05) is 18.4 Å². The molecule has 1 N–H and O–H groups in total. The van der Waals surface area contributed by atoms with Gasteiger partial charge in [0.25, 0.3) is 0 Å². The smallest absolute Gasteiger partial charge is 0.326 e. The summed E-state index contributed by atoms with van der Waals surface area (Å²) in [4.78, 5) is 27.0. The number of hydrogen-bond acceptors (Lipinski definition) is 6. The molecule has 3 aliphatic heterocycles. The topological polar surface area (TPSA) is 73.9 Å². The molecular formula is C27H25NO5. The summed E-state index contributed by atoms with van der Waals surface area (Å²) < 4.78 is 17.0. The number of esters is 1. The van der Waals surface area contributed by atoms with Gasteiger partial charge in [-0.15, -0.1) is 0 Å². The van der Waals surface area contributed by atoms with Crippen molar-refractivity contribution >= 4 is 22.5 Å². The van der Waals surface area contributed by atoms with Crippen molar-refractivity contribution in [3.63, 3.8) is 0 Å². The molecule has 168 valence electrons. The first-order valence-electron chi connectivity index (χ1n) is 11.3. The SMILES string of the molecule is COC(=O)[C@@]1(Cc2ccccc2)N[C@@H](c2ccc3ccccc3c2)[C@H]2C(=O)[C@@H]3OC[C@@H](O3)[C@H]21. The van der Waals surface area contributed by atoms with Gasteiger partial charge in [0.15, 0.2) is 5.78 Å². The number of benzene rings is 3. The molecule has 3 fully saturated rings. The fraction of sp³-hybridized carbons (Fsp3) is 0.333. The second-order valence-corrected chi connectivity index (χ2v) is 9.15. The Morgan fingerprint density at radius 2 is 1.82 bits per heavy atom. The van der Waals surface area contributed by atoms with Gasteiger partial charge >= 0.3 is 5.97 Å². The standard InChI is InChI=1S/C27H25NO5/c1-31-26(30)27(14-16-7-3-2-4-8-16)22-20-15-32-25(33-20)24(29)21(22)23(28-27)19-12-11-17-9-5-6-10-18(17)13-19/h2-13,20-23,25,28H,14-15H2,1H3/t20-,21+,22-,23+,25-,27+/m1/s1. The number of rotatable bonds is 4. The van der Waals surface area contributed by atoms with Gasteiger partial charge in [0.05, 0.1) is 25.7 Å². The molecule has 3 saturated heterocycles. The van der Waals surface area contributed by atoms with Gasteiger partial charge in [0.1, 0.15) is 5.54 Å². The van der Waals surface area contributed by atoms with Crippen LogP contribution in [0.25, 0.3) is 10.8 Å². The maximum atomic E-state index is 13.5. The Hall–Kier alpha value is -3.06. The van der Waals surface area contributed by atoms with E-state index in [-0.39, 0.29) is 30.5 Å². The van der Waals surface area contributed by atoms with Crippen LogP contribution >= 0.6 is 0 Å². The predicted molar refractivity (Wildman–Crippen MR) is 121 cm³/mol. The summed E-state index contributed by atoms with van der Waals surface area (Å²) >= 11 is 0. The number of carbonyl (C=O) groups excluding carboxylic acids is 2. The Kier molecular flexibility index (Phi) is 4.83. The van der Waals surface area contributed by atoms with Crippen LogP contribution in [0.4, 0.5) is 0 Å². The maximum absolute atomic E-state index is 13.5. The highest BCUT2D eigenvalue weighted by molar-refractivity contribution is 5.92. The number of hydrogen-bond donors (Lipinski definition) is 1. The summed E-state index contributed by atoms with van der Waals surface area (Å²) in [6.45, 7) is 0.289. The Balaban J connectivity index is 1.50. The number of fused-ring (bicyclic) bond motifs is 5. The molecule has 0 radical (unpaired) electrons. The van der Waals surface area contributed by atoms with E-state index in [2.05, 4.69) is 29.6 Å². The molecule has 3 heterocycles. The third-order valence-electron chi connectivity index (χ3n) is 7.41. The fourth-order valence-electron chi connectivity index (χ4n) is 6.01. The minimum Gasteiger partial charge on any atom is -0.468 e. The zero-order chi connectivity index (χ0) is 22.6. The maximum Gasteiger partial charge on any atom is 0.326 e. The molecule has 3 aromatic carbocycles. The summed E-state index contributed by atoms with van der Waals surface area (Å²) in [6.07, 6.45) is -0.839. The van der Waals surface area contributed by atoms with Crippen LogP contribution in [0.15, 0.2) is 72.8 Å². The molecule has 3 aliphatic rings. The first-order chi connectivity index (χ1) is 16.1. The van der Waals surface area contributed by atoms with Crippen molar-refractivity contribution in [3.05, 3.63) is 83.9 Å². The molecule has 3 aromatic rings. The molecule has 0 spiro atoms. The van der Waals surface area contributed by atoms with Crippen LogP contribution < -0.4 is 5.32 Å². The number of Topliss-reactive ketones (excluding diaryl/α,β-unsaturated/α-hetero) is 1. The fourth-order valence-corrected chi connectivity index (χ4v) is 6.01. The van der Waals surface area contributed by atoms with Gasteiger partial charge in [-0.3, -0.25) is 14.9 Å². The molecule has 6 rings (SSSR count). The van der Waals surface area contributed by atoms with Crippen LogP contribution in [0.5, 0.6) is 0 Å². The molecule has 2 bridgehead atoms. The largest absolute Gasteiger partial charge is 0.468 e. The monoisotopic (exact) mass is 443 g/mol. The first kappa shape index (κ1) is 20.5. The Morgan fingerprint density at radius 3 is 2.61 bits per heavy atom. The first-order valence-corrected chi connectivity index (χ1v) is 11.3. The van der Waals surface area contributed by atoms with Gasteiger partial charge in [-0.05, 0) is 28.0 Å². The summed E-state index contributed by atoms with van der Waals surface area (Å²) in [5.41, 5.74) is 0.842. The molecule has 0 amide bonds. The summed E-state index contributed by atoms with van der Waals surface area (Å²) in [7, 11) is 1.40. The van der Waals surface area contributed by atoms with Crippen LogP contribution in [0, 0.1) is 11.8 Å². The minimum absolute atomic E-state index is 0.113. The van der Waals surface area contributed by atoms with E-state index in [1.54, 1.807) is 0 Å². The van der Waals surface area contributed by atoms with Gasteiger partial charge in [-0.1, -0.05) is 66.7 Å². The van der Waals surface area contributed by atoms with Gasteiger partial charge in [-0.25, -0.2) is 0 Å². The molecule has 33 heavy (non-hydrogen) atoms. The third-order valence-corrected chi connectivity index (χ3v) is 7.41. The zero-order valence-electron chi connectivity index (χ0n) is 18.3. The summed E-state index contributed by atoms with van der Waals surface area (Å²) in [5, 5.41) is 5.83. The Morgan fingerprint density at radius 1 is 1.06 bits per heavy atom. The normalized spacial score (nSPS) is 32.6. The van der Waals surface area contributed by atoms with E-state index in [1.807, 2.05) is 48.5 Å². The zero-order valence-corrected chi connectivity index (χ0v) is 18.3. The second kappa shape index (κ2) is 7.76. The van der Waals surface area contributed by atoms with Crippen molar-refractivity contribution in [2.45, 2.75) is 30.4 Å². The number of ether oxygens (including phenoxy) is 3. The minimum atomic E-state index is -1.12. The lowest BCUT2D eigenvalue weighted by Gasteiger charge is -2.38. The number of ketones is 1. The lowest BCUT2D eigenvalue weighted by molar-refractivity contribution is -0.170. The van der Waals surface area contributed by atoms with Crippen molar-refractivity contribution in [1.29, 1.82) is 0 Å². The molecule has 6 heteroatoms. The molecule has 6 nitrogen and oxygen atoms in total. The van der Waals surface area contributed by atoms with Crippen molar-refractivity contribution < 1.29 is 23.8 Å². The van der Waals surface area contributed by atoms with E-state index in [1.165, 1.54) is 7.11 Å². The van der Waals surface area contributed by atoms with E-state index >= 15 is 0 Å². The highest BCUT2D eigenvalue weighted by Crippen LogP contribution is 2.52. The van der Waals surface area contributed by atoms with Gasteiger partial charge < -0.3 is 14.2 Å². The van der Waals surface area contributed by atoms with Gasteiger partial charge in [-0.2, -0.15) is 0 Å². The number of nitrogens with one attached hydrogen (secondary N) is 1. The highest BCUT2D eigenvalue weighted by Gasteiger charge is 2.67. The van der Waals surface area contributed by atoms with Crippen LogP contribution in [-0.4, -0.2) is 43.4 Å². The third kappa shape index (κ3) is 3.13. The van der Waals surface area contributed by atoms with E-state index in [4.69, 9.17) is 14.2 Å². The number of methoxy groups -OCH3 is 1. The van der Waals surface area contributed by atoms with Crippen LogP contribution in [0.3, 0.4) is 0 Å². The van der Waals surface area contributed by atoms with Gasteiger partial charge in [0.2, 0.25) is 6.29 Å². The quantitative estimate of drug-likeness (QED) is 0.625. The van der Waals surface area contributed by atoms with Crippen molar-refractivity contribution in [3.8, 4) is 0 Å². The molecule has 0 unspecified atom stereocenters.